The molecule has 2 atom stereocenters. The number of ether oxygens (including phenoxy) is 3. The number of rotatable bonds is 9. The van der Waals surface area contributed by atoms with Crippen molar-refractivity contribution in [1.29, 1.82) is 0 Å². The molecule has 1 saturated heterocycles. The Labute approximate surface area is 203 Å². The maximum Gasteiger partial charge on any atom is 0.339 e. The Morgan fingerprint density at radius 2 is 2.15 bits per heavy atom. The predicted octanol–water partition coefficient (Wildman–Crippen LogP) is 4.14. The van der Waals surface area contributed by atoms with Gasteiger partial charge in [0.05, 0.1) is 23.6 Å². The van der Waals surface area contributed by atoms with Gasteiger partial charge in [-0.1, -0.05) is 6.07 Å². The van der Waals surface area contributed by atoms with E-state index in [-0.39, 0.29) is 12.7 Å². The van der Waals surface area contributed by atoms with Crippen LogP contribution in [0.5, 0.6) is 5.88 Å². The SMILES string of the molecule is CCOC(=O)C=[S@@](C)(=O)c1ccc(Nc2ncc(-c3cccs3)c(OCC3CCCO3)n2)cc1. The van der Waals surface area contributed by atoms with Gasteiger partial charge in [0.2, 0.25) is 11.8 Å². The van der Waals surface area contributed by atoms with Gasteiger partial charge in [0, 0.05) is 44.0 Å². The van der Waals surface area contributed by atoms with Crippen LogP contribution in [0.4, 0.5) is 11.6 Å². The lowest BCUT2D eigenvalue weighted by atomic mass is 10.2. The zero-order chi connectivity index (χ0) is 24.0. The van der Waals surface area contributed by atoms with E-state index in [9.17, 15) is 9.00 Å². The molecule has 0 radical (unpaired) electrons. The number of anilines is 2. The molecule has 1 aliphatic rings. The van der Waals surface area contributed by atoms with Gasteiger partial charge in [0.15, 0.2) is 0 Å². The minimum absolute atomic E-state index is 0.0745. The Morgan fingerprint density at radius 1 is 1.32 bits per heavy atom. The lowest BCUT2D eigenvalue weighted by Crippen LogP contribution is -2.17. The second-order valence-electron chi connectivity index (χ2n) is 7.76. The molecule has 10 heteroatoms. The van der Waals surface area contributed by atoms with Gasteiger partial charge in [0.1, 0.15) is 6.61 Å². The van der Waals surface area contributed by atoms with Crippen molar-refractivity contribution in [3.63, 3.8) is 0 Å². The number of thiophene rings is 1. The van der Waals surface area contributed by atoms with Crippen LogP contribution in [0.25, 0.3) is 10.4 Å². The third-order valence-corrected chi connectivity index (χ3v) is 7.91. The second kappa shape index (κ2) is 11.0. The molecule has 3 heterocycles. The van der Waals surface area contributed by atoms with Crippen molar-refractivity contribution >= 4 is 43.8 Å². The van der Waals surface area contributed by atoms with Gasteiger partial charge in [-0.15, -0.1) is 11.3 Å². The van der Waals surface area contributed by atoms with Gasteiger partial charge in [-0.3, -0.25) is 4.21 Å². The molecular weight excluding hydrogens is 474 g/mol. The number of benzene rings is 1. The Kier molecular flexibility index (Phi) is 7.81. The van der Waals surface area contributed by atoms with E-state index in [1.165, 1.54) is 6.26 Å². The molecule has 0 bridgehead atoms. The Morgan fingerprint density at radius 3 is 2.82 bits per heavy atom. The van der Waals surface area contributed by atoms with E-state index in [0.717, 1.165) is 35.3 Å². The van der Waals surface area contributed by atoms with Gasteiger partial charge < -0.3 is 19.5 Å². The first-order valence-electron chi connectivity index (χ1n) is 11.0. The molecule has 1 N–H and O–H groups in total. The number of esters is 1. The summed E-state index contributed by atoms with van der Waals surface area (Å²) in [6, 6.07) is 10.9. The average molecular weight is 502 g/mol. The fraction of sp³-hybridized carbons (Fsp3) is 0.333. The molecule has 0 amide bonds. The van der Waals surface area contributed by atoms with Gasteiger partial charge >= 0.3 is 5.97 Å². The first-order chi connectivity index (χ1) is 16.4. The average Bonchev–Trinajstić information content (AvgIpc) is 3.53. The first-order valence-corrected chi connectivity index (χ1v) is 13.9. The lowest BCUT2D eigenvalue weighted by Gasteiger charge is -2.14. The topological polar surface area (TPSA) is 99.6 Å². The summed E-state index contributed by atoms with van der Waals surface area (Å²) in [6.07, 6.45) is 5.35. The van der Waals surface area contributed by atoms with Crippen LogP contribution in [0.15, 0.2) is 52.9 Å². The number of hydrogen-bond acceptors (Lipinski definition) is 9. The molecular formula is C24H27N3O5S2. The van der Waals surface area contributed by atoms with E-state index in [1.54, 1.807) is 48.7 Å². The summed E-state index contributed by atoms with van der Waals surface area (Å²) >= 11 is 1.59. The molecule has 3 aromatic rings. The van der Waals surface area contributed by atoms with E-state index in [4.69, 9.17) is 14.2 Å². The predicted molar refractivity (Wildman–Crippen MR) is 135 cm³/mol. The highest BCUT2D eigenvalue weighted by atomic mass is 32.2. The van der Waals surface area contributed by atoms with Crippen LogP contribution in [-0.4, -0.2) is 57.7 Å². The fourth-order valence-corrected chi connectivity index (χ4v) is 5.43. The van der Waals surface area contributed by atoms with Crippen LogP contribution >= 0.6 is 11.3 Å². The molecule has 180 valence electrons. The molecule has 1 unspecified atom stereocenters. The zero-order valence-electron chi connectivity index (χ0n) is 19.1. The Bertz CT molecular complexity index is 1230. The van der Waals surface area contributed by atoms with Gasteiger partial charge in [-0.25, -0.2) is 9.78 Å². The molecule has 34 heavy (non-hydrogen) atoms. The number of aromatic nitrogens is 2. The summed E-state index contributed by atoms with van der Waals surface area (Å²) in [4.78, 5) is 22.3. The number of nitrogens with zero attached hydrogens (tertiary/aromatic N) is 2. The highest BCUT2D eigenvalue weighted by molar-refractivity contribution is 8.01. The summed E-state index contributed by atoms with van der Waals surface area (Å²) in [7, 11) is -2.66. The largest absolute Gasteiger partial charge is 0.474 e. The highest BCUT2D eigenvalue weighted by Crippen LogP contribution is 2.33. The maximum absolute atomic E-state index is 12.9. The van der Waals surface area contributed by atoms with Gasteiger partial charge in [-0.2, -0.15) is 4.98 Å². The van der Waals surface area contributed by atoms with Crippen LogP contribution in [0.2, 0.25) is 0 Å². The zero-order valence-corrected chi connectivity index (χ0v) is 20.7. The van der Waals surface area contributed by atoms with Crippen molar-refractivity contribution in [2.45, 2.75) is 30.8 Å². The normalized spacial score (nSPS) is 17.1. The molecule has 1 fully saturated rings. The number of hydrogen-bond donors (Lipinski definition) is 1. The quantitative estimate of drug-likeness (QED) is 0.345. The van der Waals surface area contributed by atoms with Crippen LogP contribution < -0.4 is 10.1 Å². The highest BCUT2D eigenvalue weighted by Gasteiger charge is 2.19. The third-order valence-electron chi connectivity index (χ3n) is 5.16. The minimum Gasteiger partial charge on any atom is -0.474 e. The van der Waals surface area contributed by atoms with Crippen LogP contribution in [0, 0.1) is 0 Å². The first kappa shape index (κ1) is 24.2. The summed E-state index contributed by atoms with van der Waals surface area (Å²) in [6.45, 7) is 3.14. The summed E-state index contributed by atoms with van der Waals surface area (Å²) in [5.41, 5.74) is 1.54. The third kappa shape index (κ3) is 6.13. The van der Waals surface area contributed by atoms with Crippen LogP contribution in [0.3, 0.4) is 0 Å². The molecule has 4 rings (SSSR count). The molecule has 0 spiro atoms. The van der Waals surface area contributed by atoms with E-state index >= 15 is 0 Å². The van der Waals surface area contributed by atoms with E-state index in [2.05, 4.69) is 15.3 Å². The van der Waals surface area contributed by atoms with Crippen molar-refractivity contribution in [3.8, 4) is 16.3 Å². The fourth-order valence-electron chi connectivity index (χ4n) is 3.45. The standard InChI is InChI=1S/C24H27N3O5S2/c1-3-30-22(28)16-34(2,29)19-10-8-17(9-11-19)26-24-25-14-20(21-7-5-13-33-21)23(27-24)32-15-18-6-4-12-31-18/h5,7-11,13-14,16,18H,3-4,6,12,15H2,1-2H3,(H,25,26,27)/t18?,34-/m1/s1. The van der Waals surface area contributed by atoms with Crippen molar-refractivity contribution in [1.82, 2.24) is 9.97 Å². The maximum atomic E-state index is 12.9. The minimum atomic E-state index is -2.66. The molecule has 0 aliphatic carbocycles. The van der Waals surface area contributed by atoms with Crippen molar-refractivity contribution < 1.29 is 23.2 Å². The van der Waals surface area contributed by atoms with Gasteiger partial charge in [-0.05, 0) is 55.5 Å². The van der Waals surface area contributed by atoms with Crippen molar-refractivity contribution in [2.75, 3.05) is 31.4 Å². The molecule has 0 saturated carbocycles. The van der Waals surface area contributed by atoms with Gasteiger partial charge in [0.25, 0.3) is 0 Å². The van der Waals surface area contributed by atoms with E-state index in [0.29, 0.717) is 29.0 Å². The van der Waals surface area contributed by atoms with E-state index in [1.807, 2.05) is 17.5 Å². The van der Waals surface area contributed by atoms with Crippen LogP contribution in [0.1, 0.15) is 19.8 Å². The summed E-state index contributed by atoms with van der Waals surface area (Å²) in [5.74, 6) is 0.283. The summed E-state index contributed by atoms with van der Waals surface area (Å²) < 4.78 is 29.5. The van der Waals surface area contributed by atoms with E-state index < -0.39 is 15.5 Å². The van der Waals surface area contributed by atoms with Crippen molar-refractivity contribution in [3.05, 3.63) is 48.0 Å². The number of nitrogens with one attached hydrogen (secondary N) is 1. The molecule has 8 nitrogen and oxygen atoms in total. The molecule has 1 aromatic carbocycles. The lowest BCUT2D eigenvalue weighted by molar-refractivity contribution is -0.134. The second-order valence-corrected chi connectivity index (χ2v) is 11.2. The summed E-state index contributed by atoms with van der Waals surface area (Å²) in [5, 5.41) is 6.29. The molecule has 1 aliphatic heterocycles. The Hall–Kier alpha value is -2.95. The van der Waals surface area contributed by atoms with Crippen LogP contribution in [-0.2, 0) is 23.8 Å². The smallest absolute Gasteiger partial charge is 0.339 e. The Balaban J connectivity index is 1.52. The number of carbonyl (C=O) groups excluding carboxylic acids is 1. The van der Waals surface area contributed by atoms with Crippen molar-refractivity contribution in [2.24, 2.45) is 0 Å². The molecule has 2 aromatic heterocycles. The monoisotopic (exact) mass is 501 g/mol. The number of carbonyl (C=O) groups is 1.